The minimum atomic E-state index is 0.569. The monoisotopic (exact) mass is 233 g/mol. The summed E-state index contributed by atoms with van der Waals surface area (Å²) in [6, 6.07) is 8.60. The molecule has 0 amide bonds. The van der Waals surface area contributed by atoms with Crippen molar-refractivity contribution in [2.24, 2.45) is 10.7 Å². The van der Waals surface area contributed by atoms with Crippen LogP contribution >= 0.6 is 0 Å². The molecule has 1 aromatic carbocycles. The van der Waals surface area contributed by atoms with Crippen LogP contribution in [0.3, 0.4) is 0 Å². The topological polar surface area (TPSA) is 59.6 Å². The molecule has 0 unspecified atom stereocenters. The van der Waals surface area contributed by atoms with Crippen LogP contribution in [0, 0.1) is 0 Å². The number of benzene rings is 1. The molecule has 0 atom stereocenters. The Kier molecular flexibility index (Phi) is 3.85. The van der Waals surface area contributed by atoms with Crippen molar-refractivity contribution in [3.05, 3.63) is 29.8 Å². The predicted molar refractivity (Wildman–Crippen MR) is 69.3 cm³/mol. The van der Waals surface area contributed by atoms with Gasteiger partial charge < -0.3 is 15.8 Å². The van der Waals surface area contributed by atoms with Crippen molar-refractivity contribution >= 4 is 5.96 Å². The van der Waals surface area contributed by atoms with Crippen LogP contribution in [-0.2, 0) is 6.42 Å². The minimum Gasteiger partial charge on any atom is -0.497 e. The molecular weight excluding hydrogens is 214 g/mol. The lowest BCUT2D eigenvalue weighted by molar-refractivity contribution is 0.414. The maximum absolute atomic E-state index is 5.74. The van der Waals surface area contributed by atoms with Gasteiger partial charge in [0.25, 0.3) is 0 Å². The zero-order valence-corrected chi connectivity index (χ0v) is 10.1. The minimum absolute atomic E-state index is 0.569. The van der Waals surface area contributed by atoms with Crippen molar-refractivity contribution in [3.63, 3.8) is 0 Å². The number of guanidine groups is 1. The Morgan fingerprint density at radius 2 is 2.12 bits per heavy atom. The lowest BCUT2D eigenvalue weighted by Gasteiger charge is -2.04. The molecule has 2 rings (SSSR count). The third-order valence-corrected chi connectivity index (χ3v) is 2.77. The van der Waals surface area contributed by atoms with Crippen molar-refractivity contribution in [2.45, 2.75) is 25.3 Å². The summed E-state index contributed by atoms with van der Waals surface area (Å²) in [6.07, 6.45) is 3.33. The molecule has 17 heavy (non-hydrogen) atoms. The highest BCUT2D eigenvalue weighted by atomic mass is 16.5. The zero-order valence-electron chi connectivity index (χ0n) is 10.1. The van der Waals surface area contributed by atoms with Crippen molar-refractivity contribution in [3.8, 4) is 5.75 Å². The highest BCUT2D eigenvalue weighted by Crippen LogP contribution is 2.18. The molecule has 0 aliphatic heterocycles. The molecule has 92 valence electrons. The molecule has 1 aromatic rings. The third kappa shape index (κ3) is 3.98. The van der Waals surface area contributed by atoms with Gasteiger partial charge in [0, 0.05) is 12.6 Å². The lowest BCUT2D eigenvalue weighted by Crippen LogP contribution is -2.33. The molecule has 0 saturated heterocycles. The highest BCUT2D eigenvalue weighted by Gasteiger charge is 2.21. The van der Waals surface area contributed by atoms with E-state index in [0.717, 1.165) is 18.7 Å². The summed E-state index contributed by atoms with van der Waals surface area (Å²) in [5, 5.41) is 3.17. The Labute approximate surface area is 102 Å². The lowest BCUT2D eigenvalue weighted by atomic mass is 10.1. The molecule has 1 fully saturated rings. The van der Waals surface area contributed by atoms with Gasteiger partial charge in [-0.1, -0.05) is 12.1 Å². The van der Waals surface area contributed by atoms with Crippen LogP contribution in [0.2, 0.25) is 0 Å². The molecule has 0 heterocycles. The molecular formula is C13H19N3O. The second kappa shape index (κ2) is 5.57. The standard InChI is InChI=1S/C13H19N3O/c1-17-12-6-2-10(3-7-12)8-9-15-13(14)16-11-4-5-11/h2-3,6-7,11H,4-5,8-9H2,1H3,(H3,14,15,16). The molecule has 0 bridgehead atoms. The van der Waals surface area contributed by atoms with Crippen molar-refractivity contribution in [1.29, 1.82) is 0 Å². The first-order valence-electron chi connectivity index (χ1n) is 5.97. The van der Waals surface area contributed by atoms with E-state index in [-0.39, 0.29) is 0 Å². The van der Waals surface area contributed by atoms with E-state index in [2.05, 4.69) is 22.4 Å². The Bertz CT molecular complexity index is 382. The van der Waals surface area contributed by atoms with E-state index in [1.165, 1.54) is 18.4 Å². The first-order valence-corrected chi connectivity index (χ1v) is 5.97. The van der Waals surface area contributed by atoms with E-state index in [1.54, 1.807) is 7.11 Å². The van der Waals surface area contributed by atoms with Gasteiger partial charge in [-0.25, -0.2) is 0 Å². The highest BCUT2D eigenvalue weighted by molar-refractivity contribution is 5.78. The van der Waals surface area contributed by atoms with Crippen LogP contribution in [0.15, 0.2) is 29.3 Å². The summed E-state index contributed by atoms with van der Waals surface area (Å²) in [5.41, 5.74) is 6.99. The molecule has 4 heteroatoms. The molecule has 4 nitrogen and oxygen atoms in total. The fraction of sp³-hybridized carbons (Fsp3) is 0.462. The molecule has 0 spiro atoms. The number of ether oxygens (including phenoxy) is 1. The number of nitrogens with zero attached hydrogens (tertiary/aromatic N) is 1. The smallest absolute Gasteiger partial charge is 0.188 e. The first kappa shape index (κ1) is 11.8. The number of methoxy groups -OCH3 is 1. The van der Waals surface area contributed by atoms with E-state index >= 15 is 0 Å². The number of hydrogen-bond acceptors (Lipinski definition) is 2. The van der Waals surface area contributed by atoms with E-state index in [1.807, 2.05) is 12.1 Å². The van der Waals surface area contributed by atoms with Crippen LogP contribution < -0.4 is 15.8 Å². The first-order chi connectivity index (χ1) is 8.28. The van der Waals surface area contributed by atoms with Crippen LogP contribution in [-0.4, -0.2) is 25.7 Å². The SMILES string of the molecule is COc1ccc(CCN=C(N)NC2CC2)cc1. The van der Waals surface area contributed by atoms with Gasteiger partial charge in [0.1, 0.15) is 5.75 Å². The Morgan fingerprint density at radius 1 is 1.41 bits per heavy atom. The average Bonchev–Trinajstić information content (AvgIpc) is 3.14. The summed E-state index contributed by atoms with van der Waals surface area (Å²) >= 11 is 0. The van der Waals surface area contributed by atoms with Crippen LogP contribution in [0.4, 0.5) is 0 Å². The van der Waals surface area contributed by atoms with Gasteiger partial charge in [-0.15, -0.1) is 0 Å². The maximum atomic E-state index is 5.74. The average molecular weight is 233 g/mol. The van der Waals surface area contributed by atoms with Gasteiger partial charge in [-0.3, -0.25) is 4.99 Å². The molecule has 0 aromatic heterocycles. The fourth-order valence-electron chi connectivity index (χ4n) is 1.58. The zero-order chi connectivity index (χ0) is 12.1. The van der Waals surface area contributed by atoms with Crippen LogP contribution in [0.1, 0.15) is 18.4 Å². The quantitative estimate of drug-likeness (QED) is 0.595. The normalized spacial score (nSPS) is 15.7. The summed E-state index contributed by atoms with van der Waals surface area (Å²) in [5.74, 6) is 1.45. The van der Waals surface area contributed by atoms with Crippen LogP contribution in [0.5, 0.6) is 5.75 Å². The van der Waals surface area contributed by atoms with Gasteiger partial charge in [-0.05, 0) is 37.0 Å². The van der Waals surface area contributed by atoms with Gasteiger partial charge in [0.15, 0.2) is 5.96 Å². The number of aliphatic imine (C=N–C) groups is 1. The van der Waals surface area contributed by atoms with E-state index in [4.69, 9.17) is 10.5 Å². The summed E-state index contributed by atoms with van der Waals surface area (Å²) in [6.45, 7) is 0.720. The Hall–Kier alpha value is -1.71. The second-order valence-electron chi connectivity index (χ2n) is 4.28. The molecule has 0 radical (unpaired) electrons. The Balaban J connectivity index is 1.76. The fourth-order valence-corrected chi connectivity index (χ4v) is 1.58. The second-order valence-corrected chi connectivity index (χ2v) is 4.28. The number of nitrogens with one attached hydrogen (secondary N) is 1. The van der Waals surface area contributed by atoms with Gasteiger partial charge in [0.05, 0.1) is 7.11 Å². The van der Waals surface area contributed by atoms with Crippen LogP contribution in [0.25, 0.3) is 0 Å². The van der Waals surface area contributed by atoms with Crippen molar-refractivity contribution in [1.82, 2.24) is 5.32 Å². The van der Waals surface area contributed by atoms with E-state index in [9.17, 15) is 0 Å². The predicted octanol–water partition coefficient (Wildman–Crippen LogP) is 1.30. The maximum Gasteiger partial charge on any atom is 0.188 e. The summed E-state index contributed by atoms with van der Waals surface area (Å²) in [4.78, 5) is 4.29. The molecule has 3 N–H and O–H groups in total. The number of hydrogen-bond donors (Lipinski definition) is 2. The van der Waals surface area contributed by atoms with Crippen molar-refractivity contribution < 1.29 is 4.74 Å². The largest absolute Gasteiger partial charge is 0.497 e. The third-order valence-electron chi connectivity index (χ3n) is 2.77. The van der Waals surface area contributed by atoms with Crippen molar-refractivity contribution in [2.75, 3.05) is 13.7 Å². The summed E-state index contributed by atoms with van der Waals surface area (Å²) < 4.78 is 5.11. The van der Waals surface area contributed by atoms with Gasteiger partial charge >= 0.3 is 0 Å². The number of nitrogens with two attached hydrogens (primary N) is 1. The van der Waals surface area contributed by atoms with E-state index in [0.29, 0.717) is 12.0 Å². The van der Waals surface area contributed by atoms with E-state index < -0.39 is 0 Å². The van der Waals surface area contributed by atoms with Gasteiger partial charge in [0.2, 0.25) is 0 Å². The molecule has 1 saturated carbocycles. The molecule has 1 aliphatic rings. The summed E-state index contributed by atoms with van der Waals surface area (Å²) in [7, 11) is 1.67. The van der Waals surface area contributed by atoms with Gasteiger partial charge in [-0.2, -0.15) is 0 Å². The molecule has 1 aliphatic carbocycles. The number of rotatable bonds is 5. The Morgan fingerprint density at radius 3 is 2.71 bits per heavy atom.